The van der Waals surface area contributed by atoms with Crippen LogP contribution in [0.4, 0.5) is 0 Å². The molecule has 0 aliphatic heterocycles. The first kappa shape index (κ1) is 15.1. The maximum atomic E-state index is 12.5. The van der Waals surface area contributed by atoms with Crippen LogP contribution in [0.3, 0.4) is 0 Å². The summed E-state index contributed by atoms with van der Waals surface area (Å²) in [5.74, 6) is -0.194. The first-order chi connectivity index (χ1) is 8.40. The van der Waals surface area contributed by atoms with Crippen LogP contribution in [0.5, 0.6) is 0 Å². The van der Waals surface area contributed by atoms with Crippen molar-refractivity contribution in [3.63, 3.8) is 0 Å². The molecule has 18 heavy (non-hydrogen) atoms. The number of pyridine rings is 1. The lowest BCUT2D eigenvalue weighted by atomic mass is 10.1. The number of aldehydes is 1. The molecule has 0 fully saturated rings. The summed E-state index contributed by atoms with van der Waals surface area (Å²) in [5.41, 5.74) is 0.605. The summed E-state index contributed by atoms with van der Waals surface area (Å²) in [6.45, 7) is 7.80. The van der Waals surface area contributed by atoms with Crippen LogP contribution < -0.4 is 0 Å². The Balaban J connectivity index is 3.25. The Labute approximate surface area is 121 Å². The first-order valence-electron chi connectivity index (χ1n) is 5.82. The summed E-state index contributed by atoms with van der Waals surface area (Å²) < 4.78 is 0.744. The summed E-state index contributed by atoms with van der Waals surface area (Å²) in [7, 11) is 0. The molecule has 5 heteroatoms. The zero-order chi connectivity index (χ0) is 13.9. The van der Waals surface area contributed by atoms with Gasteiger partial charge in [-0.1, -0.05) is 0 Å². The first-order valence-corrected chi connectivity index (χ1v) is 6.90. The van der Waals surface area contributed by atoms with E-state index < -0.39 is 0 Å². The number of hydrogen-bond donors (Lipinski definition) is 0. The summed E-state index contributed by atoms with van der Waals surface area (Å²) in [6, 6.07) is 1.85. The monoisotopic (exact) mass is 360 g/mol. The number of aromatic nitrogens is 1. The third-order valence-corrected chi connectivity index (χ3v) is 3.55. The van der Waals surface area contributed by atoms with Crippen LogP contribution in [0.1, 0.15) is 48.5 Å². The van der Waals surface area contributed by atoms with Crippen LogP contribution in [0, 0.1) is 3.57 Å². The van der Waals surface area contributed by atoms with Gasteiger partial charge in [-0.3, -0.25) is 14.6 Å². The van der Waals surface area contributed by atoms with Gasteiger partial charge in [0.2, 0.25) is 0 Å². The standard InChI is InChI=1S/C13H17IN2O2/c1-8(2)16(9(3)4)13(18)12-10(7-17)11(14)5-6-15-12/h5-9H,1-4H3. The molecule has 1 heterocycles. The molecule has 1 aromatic rings. The van der Waals surface area contributed by atoms with Crippen molar-refractivity contribution in [3.8, 4) is 0 Å². The molecule has 1 amide bonds. The molecule has 0 saturated heterocycles. The molecule has 0 unspecified atom stereocenters. The Hall–Kier alpha value is -0.980. The van der Waals surface area contributed by atoms with Crippen molar-refractivity contribution in [1.82, 2.24) is 9.88 Å². The van der Waals surface area contributed by atoms with Gasteiger partial charge in [0.05, 0.1) is 5.56 Å². The van der Waals surface area contributed by atoms with Crippen LogP contribution >= 0.6 is 22.6 Å². The van der Waals surface area contributed by atoms with Crippen molar-refractivity contribution < 1.29 is 9.59 Å². The average Bonchev–Trinajstić information content (AvgIpc) is 2.27. The Kier molecular flexibility index (Phi) is 5.25. The molecule has 0 spiro atoms. The van der Waals surface area contributed by atoms with E-state index in [4.69, 9.17) is 0 Å². The molecule has 4 nitrogen and oxygen atoms in total. The van der Waals surface area contributed by atoms with E-state index in [1.807, 2.05) is 50.3 Å². The predicted molar refractivity (Wildman–Crippen MR) is 78.8 cm³/mol. The third-order valence-electron chi connectivity index (χ3n) is 2.60. The van der Waals surface area contributed by atoms with Crippen LogP contribution in [-0.4, -0.2) is 34.2 Å². The summed E-state index contributed by atoms with van der Waals surface area (Å²) in [5, 5.41) is 0. The van der Waals surface area contributed by atoms with Crippen molar-refractivity contribution in [1.29, 1.82) is 0 Å². The minimum Gasteiger partial charge on any atom is -0.332 e. The molecule has 0 atom stereocenters. The molecule has 0 radical (unpaired) electrons. The molecule has 0 N–H and O–H groups in total. The highest BCUT2D eigenvalue weighted by atomic mass is 127. The van der Waals surface area contributed by atoms with Gasteiger partial charge in [-0.25, -0.2) is 0 Å². The van der Waals surface area contributed by atoms with Crippen LogP contribution in [-0.2, 0) is 0 Å². The van der Waals surface area contributed by atoms with Gasteiger partial charge >= 0.3 is 0 Å². The lowest BCUT2D eigenvalue weighted by molar-refractivity contribution is 0.0635. The summed E-state index contributed by atoms with van der Waals surface area (Å²) >= 11 is 2.04. The molecule has 1 rings (SSSR count). The smallest absolute Gasteiger partial charge is 0.273 e. The Morgan fingerprint density at radius 1 is 1.33 bits per heavy atom. The highest BCUT2D eigenvalue weighted by Crippen LogP contribution is 2.17. The molecule has 0 aliphatic rings. The van der Waals surface area contributed by atoms with Crippen LogP contribution in [0.25, 0.3) is 0 Å². The average molecular weight is 360 g/mol. The van der Waals surface area contributed by atoms with E-state index in [9.17, 15) is 9.59 Å². The third kappa shape index (κ3) is 3.07. The van der Waals surface area contributed by atoms with E-state index in [1.54, 1.807) is 17.2 Å². The van der Waals surface area contributed by atoms with Gasteiger partial charge in [-0.2, -0.15) is 0 Å². The lowest BCUT2D eigenvalue weighted by Crippen LogP contribution is -2.42. The molecule has 0 bridgehead atoms. The van der Waals surface area contributed by atoms with E-state index >= 15 is 0 Å². The van der Waals surface area contributed by atoms with Crippen LogP contribution in [0.2, 0.25) is 0 Å². The van der Waals surface area contributed by atoms with E-state index in [0.717, 1.165) is 3.57 Å². The minimum atomic E-state index is -0.194. The van der Waals surface area contributed by atoms with Gasteiger partial charge in [-0.15, -0.1) is 0 Å². The number of nitrogens with zero attached hydrogens (tertiary/aromatic N) is 2. The summed E-state index contributed by atoms with van der Waals surface area (Å²) in [6.07, 6.45) is 2.25. The fraction of sp³-hybridized carbons (Fsp3) is 0.462. The van der Waals surface area contributed by atoms with Crippen molar-refractivity contribution in [2.24, 2.45) is 0 Å². The van der Waals surface area contributed by atoms with Gasteiger partial charge in [-0.05, 0) is 56.4 Å². The zero-order valence-corrected chi connectivity index (χ0v) is 13.1. The van der Waals surface area contributed by atoms with Gasteiger partial charge in [0, 0.05) is 21.9 Å². The van der Waals surface area contributed by atoms with Gasteiger partial charge in [0.1, 0.15) is 5.69 Å². The maximum Gasteiger partial charge on any atom is 0.273 e. The number of rotatable bonds is 4. The predicted octanol–water partition coefficient (Wildman–Crippen LogP) is 2.76. The largest absolute Gasteiger partial charge is 0.332 e. The number of hydrogen-bond acceptors (Lipinski definition) is 3. The second-order valence-electron chi connectivity index (χ2n) is 4.57. The number of amides is 1. The van der Waals surface area contributed by atoms with Gasteiger partial charge < -0.3 is 4.90 Å². The molecule has 1 aromatic heterocycles. The normalized spacial score (nSPS) is 10.8. The number of carbonyl (C=O) groups excluding carboxylic acids is 2. The molecule has 0 aliphatic carbocycles. The molecular weight excluding hydrogens is 343 g/mol. The van der Waals surface area contributed by atoms with E-state index in [0.29, 0.717) is 11.8 Å². The van der Waals surface area contributed by atoms with Crippen molar-refractivity contribution in [3.05, 3.63) is 27.1 Å². The summed E-state index contributed by atoms with van der Waals surface area (Å²) in [4.78, 5) is 29.4. The van der Waals surface area contributed by atoms with Gasteiger partial charge in [0.25, 0.3) is 5.91 Å². The van der Waals surface area contributed by atoms with Crippen LogP contribution in [0.15, 0.2) is 12.3 Å². The number of halogens is 1. The molecular formula is C13H17IN2O2. The van der Waals surface area contributed by atoms with Crippen molar-refractivity contribution in [2.45, 2.75) is 39.8 Å². The zero-order valence-electron chi connectivity index (χ0n) is 11.0. The topological polar surface area (TPSA) is 50.3 Å². The Morgan fingerprint density at radius 2 is 1.89 bits per heavy atom. The van der Waals surface area contributed by atoms with E-state index in [-0.39, 0.29) is 23.7 Å². The second kappa shape index (κ2) is 6.26. The molecule has 98 valence electrons. The second-order valence-corrected chi connectivity index (χ2v) is 5.74. The fourth-order valence-corrected chi connectivity index (χ4v) is 2.46. The van der Waals surface area contributed by atoms with Crippen molar-refractivity contribution >= 4 is 34.8 Å². The van der Waals surface area contributed by atoms with E-state index in [2.05, 4.69) is 4.98 Å². The Bertz CT molecular complexity index is 450. The fourth-order valence-electron chi connectivity index (χ4n) is 1.92. The van der Waals surface area contributed by atoms with Crippen molar-refractivity contribution in [2.75, 3.05) is 0 Å². The quantitative estimate of drug-likeness (QED) is 0.613. The minimum absolute atomic E-state index is 0.0664. The molecule has 0 aromatic carbocycles. The Morgan fingerprint density at radius 3 is 2.33 bits per heavy atom. The maximum absolute atomic E-state index is 12.5. The lowest BCUT2D eigenvalue weighted by Gasteiger charge is -2.30. The highest BCUT2D eigenvalue weighted by molar-refractivity contribution is 14.1. The highest BCUT2D eigenvalue weighted by Gasteiger charge is 2.25. The molecule has 0 saturated carbocycles. The van der Waals surface area contributed by atoms with Gasteiger partial charge in [0.15, 0.2) is 6.29 Å². The SMILES string of the molecule is CC(C)N(C(=O)c1nccc(I)c1C=O)C(C)C. The van der Waals surface area contributed by atoms with E-state index in [1.165, 1.54) is 0 Å². The number of carbonyl (C=O) groups is 2.